The van der Waals surface area contributed by atoms with E-state index in [1.165, 1.54) is 4.90 Å². The molecule has 1 atom stereocenters. The summed E-state index contributed by atoms with van der Waals surface area (Å²) in [5, 5.41) is 0. The lowest BCUT2D eigenvalue weighted by atomic mass is 10.1. The number of rotatable bonds is 7. The fourth-order valence-corrected chi connectivity index (χ4v) is 2.40. The van der Waals surface area contributed by atoms with E-state index in [1.54, 1.807) is 6.92 Å². The monoisotopic (exact) mass is 253 g/mol. The molecule has 0 heterocycles. The number of hydrogen-bond acceptors (Lipinski definition) is 4. The number of ketones is 1. The minimum absolute atomic E-state index is 0.0708. The Kier molecular flexibility index (Phi) is 7.22. The van der Waals surface area contributed by atoms with Crippen LogP contribution in [-0.2, 0) is 40.0 Å². The third kappa shape index (κ3) is 4.97. The largest absolute Gasteiger partial charge is 0.326 e. The summed E-state index contributed by atoms with van der Waals surface area (Å²) in [6.07, 6.45) is 1.96. The van der Waals surface area contributed by atoms with Crippen molar-refractivity contribution in [2.75, 3.05) is 5.88 Å². The van der Waals surface area contributed by atoms with Gasteiger partial charge in [-0.3, -0.25) is 9.59 Å². The molecule has 0 saturated heterocycles. The summed E-state index contributed by atoms with van der Waals surface area (Å²) in [6.45, 7) is 3.65. The number of carbonyl (C=O) groups excluding carboxylic acids is 2. The molecule has 0 bridgehead atoms. The second-order valence-corrected chi connectivity index (χ2v) is 7.27. The van der Waals surface area contributed by atoms with Gasteiger partial charge in [0.05, 0.1) is 11.9 Å². The molecule has 0 spiro atoms. The van der Waals surface area contributed by atoms with Gasteiger partial charge in [-0.15, -0.1) is 0 Å². The zero-order chi connectivity index (χ0) is 11.1. The van der Waals surface area contributed by atoms with Gasteiger partial charge >= 0.3 is 0 Å². The zero-order valence-corrected chi connectivity index (χ0v) is 10.8. The van der Waals surface area contributed by atoms with Crippen molar-refractivity contribution in [3.8, 4) is 0 Å². The van der Waals surface area contributed by atoms with Crippen LogP contribution in [0.3, 0.4) is 0 Å². The van der Waals surface area contributed by atoms with E-state index in [4.69, 9.17) is 22.4 Å². The summed E-state index contributed by atoms with van der Waals surface area (Å²) in [5.74, 6) is 0.418. The lowest BCUT2D eigenvalue weighted by Gasteiger charge is -2.22. The Hall–Kier alpha value is -0.0700. The van der Waals surface area contributed by atoms with Crippen molar-refractivity contribution in [2.45, 2.75) is 32.7 Å². The highest BCUT2D eigenvalue weighted by Gasteiger charge is 2.18. The molecular formula is C8H15NO2S3. The van der Waals surface area contributed by atoms with Gasteiger partial charge in [-0.2, -0.15) is 0 Å². The maximum Gasteiger partial charge on any atom is 0.211 e. The molecule has 0 N–H and O–H groups in total. The second-order valence-electron chi connectivity index (χ2n) is 2.99. The molecule has 0 aromatic rings. The minimum atomic E-state index is -1.00. The molecule has 1 unspecified atom stereocenters. The summed E-state index contributed by atoms with van der Waals surface area (Å²) in [6, 6.07) is -0.386. The first-order chi connectivity index (χ1) is 6.52. The molecule has 14 heavy (non-hydrogen) atoms. The Bertz CT molecular complexity index is 268. The average molecular weight is 253 g/mol. The molecule has 1 amide bonds. The normalized spacial score (nSPS) is 12.5. The Labute approximate surface area is 95.7 Å². The summed E-state index contributed by atoms with van der Waals surface area (Å²) < 4.78 is 0. The maximum absolute atomic E-state index is 11.5. The van der Waals surface area contributed by atoms with Gasteiger partial charge < -0.3 is 4.90 Å². The zero-order valence-electron chi connectivity index (χ0n) is 8.30. The van der Waals surface area contributed by atoms with Crippen molar-refractivity contribution < 1.29 is 9.59 Å². The highest BCUT2D eigenvalue weighted by molar-refractivity contribution is 8.46. The minimum Gasteiger partial charge on any atom is -0.326 e. The molecule has 0 aromatic carbocycles. The van der Waals surface area contributed by atoms with Gasteiger partial charge in [-0.05, 0) is 35.7 Å². The van der Waals surface area contributed by atoms with Crippen molar-refractivity contribution >= 4 is 42.6 Å². The van der Waals surface area contributed by atoms with Crippen LogP contribution in [0.4, 0.5) is 0 Å². The van der Waals surface area contributed by atoms with Gasteiger partial charge in [0.25, 0.3) is 0 Å². The topological polar surface area (TPSA) is 37.4 Å². The number of thiol groups is 1. The highest BCUT2D eigenvalue weighted by atomic mass is 33.1. The number of nitrogens with zero attached hydrogens (tertiary/aromatic N) is 1. The smallest absolute Gasteiger partial charge is 0.211 e. The molecule has 82 valence electrons. The van der Waals surface area contributed by atoms with Crippen molar-refractivity contribution in [3.63, 3.8) is 0 Å². The number of hydrogen-bond donors (Lipinski definition) is 1. The van der Waals surface area contributed by atoms with E-state index in [-0.39, 0.29) is 11.8 Å². The molecule has 0 fully saturated rings. The van der Waals surface area contributed by atoms with Gasteiger partial charge in [-0.25, -0.2) is 0 Å². The van der Waals surface area contributed by atoms with Crippen LogP contribution < -0.4 is 0 Å². The molecule has 0 rings (SSSR count). The van der Waals surface area contributed by atoms with E-state index in [0.29, 0.717) is 18.7 Å². The van der Waals surface area contributed by atoms with Crippen LogP contribution in [0, 0.1) is 0 Å². The van der Waals surface area contributed by atoms with Gasteiger partial charge in [0.1, 0.15) is 0 Å². The summed E-state index contributed by atoms with van der Waals surface area (Å²) in [7, 11) is -1.00. The molecule has 0 saturated carbocycles. The van der Waals surface area contributed by atoms with Crippen molar-refractivity contribution in [1.29, 1.82) is 0 Å². The standard InChI is InChI=1S/C8H15NO2S3/c1-3-4-8(11)7(2)9(5-10)6-14(12)13/h5,7,14H,3-4,6H2,1-2H3. The SMILES string of the molecule is CCCC(=O)C(C)N(C=O)C[SH](=S)=S. The first-order valence-electron chi connectivity index (χ1n) is 4.38. The first kappa shape index (κ1) is 13.9. The first-order valence-corrected chi connectivity index (χ1v) is 7.93. The van der Waals surface area contributed by atoms with Gasteiger partial charge in [0.15, 0.2) is 5.78 Å². The lowest BCUT2D eigenvalue weighted by molar-refractivity contribution is -0.129. The average Bonchev–Trinajstić information content (AvgIpc) is 2.13. The Morgan fingerprint density at radius 3 is 2.50 bits per heavy atom. The summed E-state index contributed by atoms with van der Waals surface area (Å²) in [5.41, 5.74) is 0. The Morgan fingerprint density at radius 1 is 1.57 bits per heavy atom. The van der Waals surface area contributed by atoms with E-state index >= 15 is 0 Å². The number of carbonyl (C=O) groups is 2. The quantitative estimate of drug-likeness (QED) is 0.527. The molecule has 0 aromatic heterocycles. The fourth-order valence-electron chi connectivity index (χ4n) is 1.02. The van der Waals surface area contributed by atoms with Gasteiger partial charge in [-0.1, -0.05) is 14.9 Å². The van der Waals surface area contributed by atoms with Gasteiger partial charge in [0, 0.05) is 6.42 Å². The third-order valence-corrected chi connectivity index (χ3v) is 3.12. The van der Waals surface area contributed by atoms with E-state index in [0.717, 1.165) is 6.42 Å². The van der Waals surface area contributed by atoms with Crippen molar-refractivity contribution in [1.82, 2.24) is 4.90 Å². The number of amides is 1. The highest BCUT2D eigenvalue weighted by Crippen LogP contribution is 2.02. The van der Waals surface area contributed by atoms with E-state index in [2.05, 4.69) is 0 Å². The van der Waals surface area contributed by atoms with Crippen LogP contribution in [0.5, 0.6) is 0 Å². The maximum atomic E-state index is 11.5. The molecule has 0 aliphatic rings. The molecule has 0 radical (unpaired) electrons. The lowest BCUT2D eigenvalue weighted by Crippen LogP contribution is -2.38. The second kappa shape index (κ2) is 7.25. The number of Topliss-reactive ketones (excluding diaryl/α,β-unsaturated/α-hetero) is 1. The summed E-state index contributed by atoms with van der Waals surface area (Å²) in [4.78, 5) is 23.6. The van der Waals surface area contributed by atoms with E-state index in [1.807, 2.05) is 6.92 Å². The molecule has 3 nitrogen and oxygen atoms in total. The predicted octanol–water partition coefficient (Wildman–Crippen LogP) is 0.434. The Morgan fingerprint density at radius 2 is 2.14 bits per heavy atom. The van der Waals surface area contributed by atoms with Crippen LogP contribution in [0.25, 0.3) is 0 Å². The van der Waals surface area contributed by atoms with Crippen LogP contribution >= 0.6 is 0 Å². The van der Waals surface area contributed by atoms with Crippen LogP contribution in [0.1, 0.15) is 26.7 Å². The van der Waals surface area contributed by atoms with Crippen molar-refractivity contribution in [2.24, 2.45) is 0 Å². The molecular weight excluding hydrogens is 238 g/mol. The van der Waals surface area contributed by atoms with E-state index < -0.39 is 8.01 Å². The van der Waals surface area contributed by atoms with Crippen LogP contribution in [0.15, 0.2) is 0 Å². The Balaban J connectivity index is 4.36. The fraction of sp³-hybridized carbons (Fsp3) is 0.750. The molecule has 0 aliphatic heterocycles. The molecule has 6 heteroatoms. The molecule has 0 aliphatic carbocycles. The predicted molar refractivity (Wildman–Crippen MR) is 65.6 cm³/mol. The van der Waals surface area contributed by atoms with Crippen LogP contribution in [0.2, 0.25) is 0 Å². The summed E-state index contributed by atoms with van der Waals surface area (Å²) >= 11 is 9.72. The van der Waals surface area contributed by atoms with Crippen LogP contribution in [-0.4, -0.2) is 29.0 Å². The van der Waals surface area contributed by atoms with Gasteiger partial charge in [0.2, 0.25) is 6.41 Å². The van der Waals surface area contributed by atoms with Crippen molar-refractivity contribution in [3.05, 3.63) is 0 Å². The van der Waals surface area contributed by atoms with E-state index in [9.17, 15) is 9.59 Å². The third-order valence-electron chi connectivity index (χ3n) is 1.87.